The maximum Gasteiger partial charge on any atom is 0.408 e. The van der Waals surface area contributed by atoms with E-state index in [0.29, 0.717) is 6.42 Å². The molecule has 0 aliphatic heterocycles. The molecule has 1 aliphatic carbocycles. The Morgan fingerprint density at radius 3 is 2.12 bits per heavy atom. The lowest BCUT2D eigenvalue weighted by Gasteiger charge is -2.32. The summed E-state index contributed by atoms with van der Waals surface area (Å²) >= 11 is 0. The van der Waals surface area contributed by atoms with Crippen LogP contribution in [-0.4, -0.2) is 84.0 Å². The first-order valence-corrected chi connectivity index (χ1v) is 17.0. The van der Waals surface area contributed by atoms with Crippen LogP contribution in [0.25, 0.3) is 0 Å². The first kappa shape index (κ1) is 36.5. The van der Waals surface area contributed by atoms with Gasteiger partial charge in [-0.15, -0.1) is 0 Å². The van der Waals surface area contributed by atoms with Crippen LogP contribution in [0.5, 0.6) is 0 Å². The number of benzene rings is 1. The molecule has 1 saturated carbocycles. The largest absolute Gasteiger partial charge is 0.444 e. The summed E-state index contributed by atoms with van der Waals surface area (Å²) in [6.07, 6.45) is 3.27. The van der Waals surface area contributed by atoms with E-state index in [0.717, 1.165) is 37.7 Å². The average Bonchev–Trinajstić information content (AvgIpc) is 2.91. The highest BCUT2D eigenvalue weighted by atomic mass is 32.2. The number of aliphatic hydroxyl groups excluding tert-OH is 2. The highest BCUT2D eigenvalue weighted by Crippen LogP contribution is 2.28. The van der Waals surface area contributed by atoms with Gasteiger partial charge in [-0.25, -0.2) is 13.2 Å². The van der Waals surface area contributed by atoms with Gasteiger partial charge >= 0.3 is 6.09 Å². The van der Waals surface area contributed by atoms with Crippen LogP contribution in [0.2, 0.25) is 0 Å². The molecule has 5 N–H and O–H groups in total. The molecule has 11 nitrogen and oxygen atoms in total. The molecule has 12 heteroatoms. The van der Waals surface area contributed by atoms with Gasteiger partial charge in [-0.2, -0.15) is 0 Å². The minimum Gasteiger partial charge on any atom is -0.444 e. The highest BCUT2D eigenvalue weighted by molar-refractivity contribution is 7.92. The molecule has 0 aromatic heterocycles. The van der Waals surface area contributed by atoms with Gasteiger partial charge in [0.2, 0.25) is 11.8 Å². The Labute approximate surface area is 256 Å². The normalized spacial score (nSPS) is 17.4. The number of hydrogen-bond acceptors (Lipinski definition) is 8. The van der Waals surface area contributed by atoms with Gasteiger partial charge in [0.1, 0.15) is 17.7 Å². The molecule has 0 radical (unpaired) electrons. The molecular weight excluding hydrogens is 574 g/mol. The van der Waals surface area contributed by atoms with E-state index in [2.05, 4.69) is 16.0 Å². The van der Waals surface area contributed by atoms with Gasteiger partial charge < -0.3 is 30.9 Å². The molecule has 244 valence electrons. The Morgan fingerprint density at radius 1 is 0.953 bits per heavy atom. The second-order valence-electron chi connectivity index (χ2n) is 12.8. The van der Waals surface area contributed by atoms with Crippen LogP contribution in [0.15, 0.2) is 30.3 Å². The Bertz CT molecular complexity index is 1130. The molecule has 1 aromatic carbocycles. The lowest BCUT2D eigenvalue weighted by Crippen LogP contribution is -2.57. The summed E-state index contributed by atoms with van der Waals surface area (Å²) < 4.78 is 30.5. The summed E-state index contributed by atoms with van der Waals surface area (Å²) in [5, 5.41) is 28.1. The van der Waals surface area contributed by atoms with Crippen molar-refractivity contribution in [1.82, 2.24) is 16.0 Å². The molecule has 0 heterocycles. The summed E-state index contributed by atoms with van der Waals surface area (Å²) in [5.74, 6) is -1.59. The van der Waals surface area contributed by atoms with E-state index < -0.39 is 75.2 Å². The monoisotopic (exact) mass is 625 g/mol. The number of hydrogen-bond donors (Lipinski definition) is 5. The third-order valence-electron chi connectivity index (χ3n) is 7.57. The quantitative estimate of drug-likeness (QED) is 0.198. The molecule has 0 bridgehead atoms. The van der Waals surface area contributed by atoms with Gasteiger partial charge in [0.05, 0.1) is 23.1 Å². The molecule has 0 saturated heterocycles. The van der Waals surface area contributed by atoms with Crippen molar-refractivity contribution in [3.05, 3.63) is 35.9 Å². The maximum absolute atomic E-state index is 13.5. The van der Waals surface area contributed by atoms with Crippen molar-refractivity contribution in [2.75, 3.05) is 12.4 Å². The van der Waals surface area contributed by atoms with E-state index in [4.69, 9.17) is 4.74 Å². The second-order valence-corrected chi connectivity index (χ2v) is 15.4. The number of aliphatic hydroxyl groups is 2. The van der Waals surface area contributed by atoms with Gasteiger partial charge in [0.15, 0.2) is 9.84 Å². The first-order valence-electron chi connectivity index (χ1n) is 15.3. The molecule has 3 amide bonds. The molecule has 0 spiro atoms. The third kappa shape index (κ3) is 13.2. The Balaban J connectivity index is 2.23. The highest BCUT2D eigenvalue weighted by Gasteiger charge is 2.34. The Morgan fingerprint density at radius 2 is 1.56 bits per heavy atom. The van der Waals surface area contributed by atoms with E-state index in [1.807, 2.05) is 6.07 Å². The van der Waals surface area contributed by atoms with E-state index in [-0.39, 0.29) is 18.8 Å². The van der Waals surface area contributed by atoms with Crippen molar-refractivity contribution in [1.29, 1.82) is 0 Å². The number of carbonyl (C=O) groups excluding carboxylic acids is 3. The van der Waals surface area contributed by atoms with Crippen molar-refractivity contribution in [3.8, 4) is 0 Å². The maximum atomic E-state index is 13.5. The standard InChI is InChI=1S/C31H51N3O8S/c1-21(2)43(40,41)20-27(36)25(18-22-12-8-6-9-13-22)33-28(37)24(16-17-35)32-29(38)26(19-23-14-10-7-11-15-23)34-30(39)42-31(3,4)5/h7,10-11,14-15,21-22,24-27,35-36H,6,8-9,12-13,16-20H2,1-5H3,(H,32,38)(H,33,37)(H,34,39)/t24-,25-,26-,27-/m0/s1. The lowest BCUT2D eigenvalue weighted by atomic mass is 9.84. The zero-order valence-corrected chi connectivity index (χ0v) is 27.0. The molecule has 2 rings (SSSR count). The van der Waals surface area contributed by atoms with Crippen molar-refractivity contribution in [3.63, 3.8) is 0 Å². The second kappa shape index (κ2) is 17.0. The van der Waals surface area contributed by atoms with Crippen LogP contribution in [0.4, 0.5) is 4.79 Å². The summed E-state index contributed by atoms with van der Waals surface area (Å²) in [7, 11) is -3.60. The van der Waals surface area contributed by atoms with E-state index in [1.165, 1.54) is 0 Å². The van der Waals surface area contributed by atoms with Crippen LogP contribution in [0.3, 0.4) is 0 Å². The Kier molecular flexibility index (Phi) is 14.4. The zero-order valence-electron chi connectivity index (χ0n) is 26.2. The van der Waals surface area contributed by atoms with E-state index in [1.54, 1.807) is 58.9 Å². The average molecular weight is 626 g/mol. The summed E-state index contributed by atoms with van der Waals surface area (Å²) in [4.78, 5) is 39.5. The molecule has 1 aliphatic rings. The topological polar surface area (TPSA) is 171 Å². The van der Waals surface area contributed by atoms with Gasteiger partial charge in [0, 0.05) is 13.0 Å². The van der Waals surface area contributed by atoms with Gasteiger partial charge in [-0.3, -0.25) is 9.59 Å². The molecule has 1 fully saturated rings. The predicted molar refractivity (Wildman–Crippen MR) is 165 cm³/mol. The minimum absolute atomic E-state index is 0.120. The van der Waals surface area contributed by atoms with Crippen molar-refractivity contribution < 1.29 is 37.8 Å². The van der Waals surface area contributed by atoms with Crippen LogP contribution in [-0.2, 0) is 30.6 Å². The molecular formula is C31H51N3O8S. The number of alkyl carbamates (subject to hydrolysis) is 1. The van der Waals surface area contributed by atoms with Crippen LogP contribution < -0.4 is 16.0 Å². The fraction of sp³-hybridized carbons (Fsp3) is 0.710. The number of ether oxygens (including phenoxy) is 1. The number of carbonyl (C=O) groups is 3. The molecule has 1 aromatic rings. The van der Waals surface area contributed by atoms with Crippen LogP contribution in [0, 0.1) is 5.92 Å². The summed E-state index contributed by atoms with van der Waals surface area (Å²) in [5.41, 5.74) is -0.0297. The predicted octanol–water partition coefficient (Wildman–Crippen LogP) is 2.63. The molecule has 4 atom stereocenters. The fourth-order valence-electron chi connectivity index (χ4n) is 5.10. The molecule has 0 unspecified atom stereocenters. The van der Waals surface area contributed by atoms with Crippen LogP contribution >= 0.6 is 0 Å². The lowest BCUT2D eigenvalue weighted by molar-refractivity contribution is -0.131. The smallest absolute Gasteiger partial charge is 0.408 e. The van der Waals surface area contributed by atoms with Crippen molar-refractivity contribution in [2.24, 2.45) is 5.92 Å². The molecule has 43 heavy (non-hydrogen) atoms. The SMILES string of the molecule is CC(C)S(=O)(=O)C[C@H](O)[C@H](CC1CCCCC1)NC(=O)[C@H](CCO)NC(=O)[C@H](Cc1ccccc1)NC(=O)OC(C)(C)C. The van der Waals surface area contributed by atoms with Crippen molar-refractivity contribution >= 4 is 27.7 Å². The van der Waals surface area contributed by atoms with E-state index in [9.17, 15) is 33.0 Å². The van der Waals surface area contributed by atoms with Gasteiger partial charge in [0.25, 0.3) is 0 Å². The number of nitrogens with one attached hydrogen (secondary N) is 3. The summed E-state index contributed by atoms with van der Waals surface area (Å²) in [6.45, 7) is 7.77. The number of sulfone groups is 1. The zero-order chi connectivity index (χ0) is 32.2. The first-order chi connectivity index (χ1) is 20.1. The van der Waals surface area contributed by atoms with Crippen molar-refractivity contribution in [2.45, 2.75) is 121 Å². The third-order valence-corrected chi connectivity index (χ3v) is 9.81. The van der Waals surface area contributed by atoms with Gasteiger partial charge in [-0.05, 0) is 58.9 Å². The van der Waals surface area contributed by atoms with Gasteiger partial charge in [-0.1, -0.05) is 62.4 Å². The minimum atomic E-state index is -3.60. The van der Waals surface area contributed by atoms with E-state index >= 15 is 0 Å². The number of amides is 3. The van der Waals surface area contributed by atoms with Crippen LogP contribution in [0.1, 0.15) is 85.1 Å². The number of rotatable bonds is 15. The summed E-state index contributed by atoms with van der Waals surface area (Å²) in [6, 6.07) is 5.89. The Hall–Kier alpha value is -2.70. The fourth-order valence-corrected chi connectivity index (χ4v) is 6.20.